The van der Waals surface area contributed by atoms with E-state index in [9.17, 15) is 8.42 Å². The first-order chi connectivity index (χ1) is 9.11. The maximum atomic E-state index is 12.0. The quantitative estimate of drug-likeness (QED) is 0.698. The molecule has 0 unspecified atom stereocenters. The molecule has 0 atom stereocenters. The molecule has 0 aliphatic carbocycles. The van der Waals surface area contributed by atoms with E-state index in [-0.39, 0.29) is 17.1 Å². The molecule has 0 saturated heterocycles. The van der Waals surface area contributed by atoms with Crippen molar-refractivity contribution in [3.8, 4) is 6.07 Å². The van der Waals surface area contributed by atoms with E-state index >= 15 is 0 Å². The SMILES string of the molecule is N#Cc1ccccc1S(=O)(=O)NCCSCCCO. The van der Waals surface area contributed by atoms with Crippen LogP contribution >= 0.6 is 11.8 Å². The summed E-state index contributed by atoms with van der Waals surface area (Å²) in [5.74, 6) is 1.43. The number of rotatable bonds is 8. The summed E-state index contributed by atoms with van der Waals surface area (Å²) < 4.78 is 26.4. The normalized spacial score (nSPS) is 11.2. The molecule has 2 N–H and O–H groups in total. The molecule has 0 spiro atoms. The summed E-state index contributed by atoms with van der Waals surface area (Å²) >= 11 is 1.57. The van der Waals surface area contributed by atoms with Gasteiger partial charge in [0.2, 0.25) is 10.0 Å². The highest BCUT2D eigenvalue weighted by Gasteiger charge is 2.17. The van der Waals surface area contributed by atoms with Crippen LogP contribution < -0.4 is 4.72 Å². The van der Waals surface area contributed by atoms with Crippen molar-refractivity contribution in [3.63, 3.8) is 0 Å². The highest BCUT2D eigenvalue weighted by Crippen LogP contribution is 2.14. The highest BCUT2D eigenvalue weighted by molar-refractivity contribution is 7.99. The fourth-order valence-electron chi connectivity index (χ4n) is 1.39. The Labute approximate surface area is 117 Å². The zero-order chi connectivity index (χ0) is 14.1. The van der Waals surface area contributed by atoms with Crippen LogP contribution in [0.4, 0.5) is 0 Å². The van der Waals surface area contributed by atoms with E-state index < -0.39 is 10.0 Å². The second-order valence-corrected chi connectivity index (χ2v) is 6.66. The van der Waals surface area contributed by atoms with Gasteiger partial charge >= 0.3 is 0 Å². The minimum Gasteiger partial charge on any atom is -0.396 e. The third-order valence-electron chi connectivity index (χ3n) is 2.28. The van der Waals surface area contributed by atoms with Crippen LogP contribution in [0.1, 0.15) is 12.0 Å². The van der Waals surface area contributed by atoms with Crippen LogP contribution in [0.25, 0.3) is 0 Å². The molecule has 0 amide bonds. The van der Waals surface area contributed by atoms with Crippen molar-refractivity contribution >= 4 is 21.8 Å². The summed E-state index contributed by atoms with van der Waals surface area (Å²) in [6, 6.07) is 7.98. The summed E-state index contributed by atoms with van der Waals surface area (Å²) in [5, 5.41) is 17.5. The van der Waals surface area contributed by atoms with Gasteiger partial charge < -0.3 is 5.11 Å². The zero-order valence-corrected chi connectivity index (χ0v) is 12.0. The number of aliphatic hydroxyl groups is 1. The fraction of sp³-hybridized carbons (Fsp3) is 0.417. The number of nitrogens with one attached hydrogen (secondary N) is 1. The van der Waals surface area contributed by atoms with Crippen LogP contribution in [-0.4, -0.2) is 38.2 Å². The van der Waals surface area contributed by atoms with E-state index in [1.807, 2.05) is 6.07 Å². The van der Waals surface area contributed by atoms with Gasteiger partial charge in [-0.15, -0.1) is 0 Å². The molecular formula is C12H16N2O3S2. The molecule has 1 aromatic rings. The van der Waals surface area contributed by atoms with E-state index in [1.54, 1.807) is 23.9 Å². The van der Waals surface area contributed by atoms with Crippen molar-refractivity contribution in [1.29, 1.82) is 5.26 Å². The number of sulfonamides is 1. The van der Waals surface area contributed by atoms with Crippen LogP contribution in [0.2, 0.25) is 0 Å². The maximum absolute atomic E-state index is 12.0. The van der Waals surface area contributed by atoms with Crippen molar-refractivity contribution < 1.29 is 13.5 Å². The van der Waals surface area contributed by atoms with Crippen molar-refractivity contribution in [2.75, 3.05) is 24.7 Å². The van der Waals surface area contributed by atoms with E-state index in [1.165, 1.54) is 12.1 Å². The van der Waals surface area contributed by atoms with Gasteiger partial charge in [0.1, 0.15) is 6.07 Å². The Morgan fingerprint density at radius 3 is 2.74 bits per heavy atom. The third kappa shape index (κ3) is 5.20. The summed E-state index contributed by atoms with van der Waals surface area (Å²) in [7, 11) is -3.63. The van der Waals surface area contributed by atoms with Crippen LogP contribution in [0.3, 0.4) is 0 Å². The first-order valence-corrected chi connectivity index (χ1v) is 8.43. The summed E-state index contributed by atoms with van der Waals surface area (Å²) in [4.78, 5) is 0.0119. The zero-order valence-electron chi connectivity index (χ0n) is 10.4. The second-order valence-electron chi connectivity index (χ2n) is 3.70. The topological polar surface area (TPSA) is 90.2 Å². The number of hydrogen-bond acceptors (Lipinski definition) is 5. The Morgan fingerprint density at radius 1 is 1.32 bits per heavy atom. The molecule has 0 radical (unpaired) electrons. The molecule has 1 aromatic carbocycles. The van der Waals surface area contributed by atoms with E-state index in [2.05, 4.69) is 4.72 Å². The van der Waals surface area contributed by atoms with E-state index in [4.69, 9.17) is 10.4 Å². The molecule has 0 aromatic heterocycles. The maximum Gasteiger partial charge on any atom is 0.241 e. The Kier molecular flexibility index (Phi) is 6.87. The van der Waals surface area contributed by atoms with E-state index in [0.29, 0.717) is 18.7 Å². The monoisotopic (exact) mass is 300 g/mol. The lowest BCUT2D eigenvalue weighted by Crippen LogP contribution is -2.26. The van der Waals surface area contributed by atoms with Crippen LogP contribution in [0.5, 0.6) is 0 Å². The standard InChI is InChI=1S/C12H16N2O3S2/c13-10-11-4-1-2-5-12(11)19(16,17)14-6-9-18-8-3-7-15/h1-2,4-5,14-15H,3,6-9H2. The average molecular weight is 300 g/mol. The molecule has 0 aliphatic heterocycles. The van der Waals surface area contributed by atoms with E-state index in [0.717, 1.165) is 5.75 Å². The van der Waals surface area contributed by atoms with Crippen molar-refractivity contribution in [3.05, 3.63) is 29.8 Å². The molecule has 0 bridgehead atoms. The molecule has 0 heterocycles. The van der Waals surface area contributed by atoms with Gasteiger partial charge in [-0.25, -0.2) is 13.1 Å². The van der Waals surface area contributed by atoms with Crippen molar-refractivity contribution in [2.45, 2.75) is 11.3 Å². The first kappa shape index (κ1) is 16.0. The summed E-state index contributed by atoms with van der Waals surface area (Å²) in [6.45, 7) is 0.451. The lowest BCUT2D eigenvalue weighted by atomic mass is 10.2. The Balaban J connectivity index is 2.55. The smallest absolute Gasteiger partial charge is 0.241 e. The lowest BCUT2D eigenvalue weighted by Gasteiger charge is -2.07. The molecular weight excluding hydrogens is 284 g/mol. The predicted molar refractivity (Wildman–Crippen MR) is 75.4 cm³/mol. The molecule has 0 saturated carbocycles. The average Bonchev–Trinajstić information content (AvgIpc) is 2.42. The molecule has 7 heteroatoms. The van der Waals surface area contributed by atoms with Crippen LogP contribution in [0, 0.1) is 11.3 Å². The number of nitrogens with zero attached hydrogens (tertiary/aromatic N) is 1. The molecule has 104 valence electrons. The van der Waals surface area contributed by atoms with Gasteiger partial charge in [-0.05, 0) is 24.3 Å². The number of aliphatic hydroxyl groups excluding tert-OH is 1. The third-order valence-corrected chi connectivity index (χ3v) is 4.87. The van der Waals surface area contributed by atoms with Gasteiger partial charge in [-0.2, -0.15) is 17.0 Å². The molecule has 0 aliphatic rings. The Morgan fingerprint density at radius 2 is 2.05 bits per heavy atom. The minimum atomic E-state index is -3.63. The number of nitriles is 1. The van der Waals surface area contributed by atoms with Gasteiger partial charge in [0.05, 0.1) is 10.5 Å². The van der Waals surface area contributed by atoms with Crippen LogP contribution in [0.15, 0.2) is 29.2 Å². The minimum absolute atomic E-state index is 0.0119. The van der Waals surface area contributed by atoms with Crippen LogP contribution in [-0.2, 0) is 10.0 Å². The van der Waals surface area contributed by atoms with Crippen molar-refractivity contribution in [1.82, 2.24) is 4.72 Å². The Hall–Kier alpha value is -1.07. The molecule has 5 nitrogen and oxygen atoms in total. The van der Waals surface area contributed by atoms with Gasteiger partial charge in [-0.1, -0.05) is 12.1 Å². The number of thioether (sulfide) groups is 1. The highest BCUT2D eigenvalue weighted by atomic mass is 32.2. The summed E-state index contributed by atoms with van der Waals surface area (Å²) in [6.07, 6.45) is 0.703. The van der Waals surface area contributed by atoms with Gasteiger partial charge in [0, 0.05) is 18.9 Å². The first-order valence-electron chi connectivity index (χ1n) is 5.79. The second kappa shape index (κ2) is 8.17. The Bertz CT molecular complexity index is 538. The summed E-state index contributed by atoms with van der Waals surface area (Å²) in [5.41, 5.74) is 0.142. The number of hydrogen-bond donors (Lipinski definition) is 2. The lowest BCUT2D eigenvalue weighted by molar-refractivity contribution is 0.296. The predicted octanol–water partition coefficient (Wildman–Crippen LogP) is 0.952. The van der Waals surface area contributed by atoms with Gasteiger partial charge in [0.25, 0.3) is 0 Å². The molecule has 0 fully saturated rings. The molecule has 19 heavy (non-hydrogen) atoms. The van der Waals surface area contributed by atoms with Gasteiger partial charge in [-0.3, -0.25) is 0 Å². The van der Waals surface area contributed by atoms with Crippen molar-refractivity contribution in [2.24, 2.45) is 0 Å². The molecule has 1 rings (SSSR count). The largest absolute Gasteiger partial charge is 0.396 e. The number of benzene rings is 1. The fourth-order valence-corrected chi connectivity index (χ4v) is 3.49. The van der Waals surface area contributed by atoms with Gasteiger partial charge in [0.15, 0.2) is 0 Å².